The summed E-state index contributed by atoms with van der Waals surface area (Å²) in [5.41, 5.74) is 1.71. The fraction of sp³-hybridized carbons (Fsp3) is 0.467. The van der Waals surface area contributed by atoms with Crippen LogP contribution in [0.3, 0.4) is 0 Å². The normalized spacial score (nSPS) is 18.0. The highest BCUT2D eigenvalue weighted by atomic mass is 32.1. The lowest BCUT2D eigenvalue weighted by Crippen LogP contribution is -2.37. The largest absolute Gasteiger partial charge is 0.376 e. The van der Waals surface area contributed by atoms with Crippen molar-refractivity contribution in [2.45, 2.75) is 32.4 Å². The lowest BCUT2D eigenvalue weighted by Gasteiger charge is -2.24. The fourth-order valence-electron chi connectivity index (χ4n) is 2.48. The summed E-state index contributed by atoms with van der Waals surface area (Å²) in [4.78, 5) is 18.9. The van der Waals surface area contributed by atoms with Crippen LogP contribution in [0.1, 0.15) is 33.9 Å². The van der Waals surface area contributed by atoms with Crippen molar-refractivity contribution in [3.63, 3.8) is 0 Å². The van der Waals surface area contributed by atoms with Gasteiger partial charge in [-0.05, 0) is 42.2 Å². The molecule has 0 unspecified atom stereocenters. The minimum atomic E-state index is 0.000972. The summed E-state index contributed by atoms with van der Waals surface area (Å²) in [6, 6.07) is 2.06. The average molecular weight is 322 g/mol. The number of hydrogen-bond donors (Lipinski definition) is 0. The second-order valence-corrected chi connectivity index (χ2v) is 7.05. The van der Waals surface area contributed by atoms with Gasteiger partial charge in [0.15, 0.2) is 0 Å². The van der Waals surface area contributed by atoms with Gasteiger partial charge >= 0.3 is 0 Å². The predicted octanol–water partition coefficient (Wildman–Crippen LogP) is 3.33. The maximum Gasteiger partial charge on any atom is 0.273 e. The molecule has 0 bridgehead atoms. The van der Waals surface area contributed by atoms with Crippen molar-refractivity contribution in [3.05, 3.63) is 38.5 Å². The van der Waals surface area contributed by atoms with E-state index in [0.29, 0.717) is 18.8 Å². The third-order valence-corrected chi connectivity index (χ3v) is 5.03. The standard InChI is InChI=1S/C15H18N2O2S2/c1-11-16-14(10-21-11)15(18)17(7-12-4-6-20-9-12)8-13-3-2-5-19-13/h4,6,9-10,13H,2-3,5,7-8H2,1H3/t13-/m0/s1. The van der Waals surface area contributed by atoms with Gasteiger partial charge in [-0.1, -0.05) is 0 Å². The molecule has 0 saturated carbocycles. The quantitative estimate of drug-likeness (QED) is 0.848. The number of amides is 1. The summed E-state index contributed by atoms with van der Waals surface area (Å²) in [6.07, 6.45) is 2.28. The van der Waals surface area contributed by atoms with Gasteiger partial charge in [-0.3, -0.25) is 4.79 Å². The molecule has 0 aliphatic carbocycles. The summed E-state index contributed by atoms with van der Waals surface area (Å²) in [5.74, 6) is 0.000972. The van der Waals surface area contributed by atoms with Gasteiger partial charge in [-0.15, -0.1) is 11.3 Å². The number of thiazole rings is 1. The summed E-state index contributed by atoms with van der Waals surface area (Å²) in [7, 11) is 0. The van der Waals surface area contributed by atoms with E-state index in [9.17, 15) is 4.79 Å². The molecule has 0 radical (unpaired) electrons. The zero-order valence-corrected chi connectivity index (χ0v) is 13.6. The van der Waals surface area contributed by atoms with E-state index in [1.165, 1.54) is 16.9 Å². The predicted molar refractivity (Wildman–Crippen MR) is 84.9 cm³/mol. The zero-order chi connectivity index (χ0) is 14.7. The number of carbonyl (C=O) groups excluding carboxylic acids is 1. The van der Waals surface area contributed by atoms with E-state index in [0.717, 1.165) is 24.5 Å². The Kier molecular flexibility index (Phi) is 4.67. The molecule has 1 aliphatic heterocycles. The highest BCUT2D eigenvalue weighted by Crippen LogP contribution is 2.19. The molecule has 6 heteroatoms. The minimum absolute atomic E-state index is 0.000972. The molecular weight excluding hydrogens is 304 g/mol. The van der Waals surface area contributed by atoms with Crippen molar-refractivity contribution in [2.24, 2.45) is 0 Å². The molecule has 2 aromatic heterocycles. The summed E-state index contributed by atoms with van der Waals surface area (Å²) in [6.45, 7) is 4.00. The van der Waals surface area contributed by atoms with Crippen molar-refractivity contribution in [3.8, 4) is 0 Å². The Hall–Kier alpha value is -1.24. The first-order chi connectivity index (χ1) is 10.2. The number of hydrogen-bond acceptors (Lipinski definition) is 5. The van der Waals surface area contributed by atoms with Crippen LogP contribution in [0.2, 0.25) is 0 Å². The Morgan fingerprint density at radius 3 is 3.05 bits per heavy atom. The van der Waals surface area contributed by atoms with Crippen LogP contribution in [0, 0.1) is 6.92 Å². The lowest BCUT2D eigenvalue weighted by atomic mass is 10.2. The first-order valence-corrected chi connectivity index (χ1v) is 8.88. The molecule has 112 valence electrons. The number of nitrogens with zero attached hydrogens (tertiary/aromatic N) is 2. The zero-order valence-electron chi connectivity index (χ0n) is 11.9. The molecule has 0 N–H and O–H groups in total. The number of aromatic nitrogens is 1. The molecule has 1 amide bonds. The van der Waals surface area contributed by atoms with Crippen molar-refractivity contribution in [1.82, 2.24) is 9.88 Å². The highest BCUT2D eigenvalue weighted by molar-refractivity contribution is 7.09. The Morgan fingerprint density at radius 2 is 2.43 bits per heavy atom. The molecule has 3 rings (SSSR count). The molecule has 1 fully saturated rings. The molecule has 4 nitrogen and oxygen atoms in total. The molecular formula is C15H18N2O2S2. The van der Waals surface area contributed by atoms with Crippen LogP contribution in [0.15, 0.2) is 22.2 Å². The van der Waals surface area contributed by atoms with Crippen molar-refractivity contribution >= 4 is 28.6 Å². The van der Waals surface area contributed by atoms with E-state index < -0.39 is 0 Å². The summed E-state index contributed by atoms with van der Waals surface area (Å²) < 4.78 is 5.68. The summed E-state index contributed by atoms with van der Waals surface area (Å²) >= 11 is 3.17. The number of rotatable bonds is 5. The van der Waals surface area contributed by atoms with Crippen LogP contribution < -0.4 is 0 Å². The van der Waals surface area contributed by atoms with Gasteiger partial charge in [0.1, 0.15) is 5.69 Å². The Labute approximate surface area is 132 Å². The van der Waals surface area contributed by atoms with Crippen molar-refractivity contribution < 1.29 is 9.53 Å². The SMILES string of the molecule is Cc1nc(C(=O)N(Cc2ccsc2)C[C@@H]2CCCO2)cs1. The van der Waals surface area contributed by atoms with Gasteiger partial charge in [-0.2, -0.15) is 11.3 Å². The second kappa shape index (κ2) is 6.68. The van der Waals surface area contributed by atoms with Gasteiger partial charge in [0.2, 0.25) is 0 Å². The van der Waals surface area contributed by atoms with E-state index in [1.807, 2.05) is 22.6 Å². The topological polar surface area (TPSA) is 42.4 Å². The number of carbonyl (C=O) groups is 1. The molecule has 1 atom stereocenters. The monoisotopic (exact) mass is 322 g/mol. The van der Waals surface area contributed by atoms with Crippen LogP contribution >= 0.6 is 22.7 Å². The smallest absolute Gasteiger partial charge is 0.273 e. The van der Waals surface area contributed by atoms with Crippen molar-refractivity contribution in [1.29, 1.82) is 0 Å². The Bertz CT molecular complexity index is 589. The summed E-state index contributed by atoms with van der Waals surface area (Å²) in [5, 5.41) is 6.89. The first kappa shape index (κ1) is 14.7. The number of ether oxygens (including phenoxy) is 1. The van der Waals surface area contributed by atoms with Crippen LogP contribution in [-0.2, 0) is 11.3 Å². The van der Waals surface area contributed by atoms with E-state index >= 15 is 0 Å². The number of aryl methyl sites for hydroxylation is 1. The third kappa shape index (κ3) is 3.70. The molecule has 0 spiro atoms. The molecule has 1 aliphatic rings. The van der Waals surface area contributed by atoms with E-state index in [-0.39, 0.29) is 12.0 Å². The third-order valence-electron chi connectivity index (χ3n) is 3.53. The maximum absolute atomic E-state index is 12.7. The van der Waals surface area contributed by atoms with Crippen LogP contribution in [0.25, 0.3) is 0 Å². The van der Waals surface area contributed by atoms with Gasteiger partial charge in [0.25, 0.3) is 5.91 Å². The maximum atomic E-state index is 12.7. The van der Waals surface area contributed by atoms with Gasteiger partial charge in [-0.25, -0.2) is 4.98 Å². The van der Waals surface area contributed by atoms with E-state index in [1.54, 1.807) is 11.3 Å². The molecule has 2 aromatic rings. The second-order valence-electron chi connectivity index (χ2n) is 5.20. The molecule has 3 heterocycles. The van der Waals surface area contributed by atoms with Crippen molar-refractivity contribution in [2.75, 3.05) is 13.2 Å². The van der Waals surface area contributed by atoms with Crippen LogP contribution in [0.5, 0.6) is 0 Å². The van der Waals surface area contributed by atoms with Crippen LogP contribution in [0.4, 0.5) is 0 Å². The van der Waals surface area contributed by atoms with E-state index in [4.69, 9.17) is 4.74 Å². The van der Waals surface area contributed by atoms with Gasteiger partial charge in [0, 0.05) is 25.1 Å². The fourth-order valence-corrected chi connectivity index (χ4v) is 3.73. The van der Waals surface area contributed by atoms with Gasteiger partial charge in [0.05, 0.1) is 11.1 Å². The Balaban J connectivity index is 1.75. The average Bonchev–Trinajstić information content (AvgIpc) is 3.19. The lowest BCUT2D eigenvalue weighted by molar-refractivity contribution is 0.0503. The Morgan fingerprint density at radius 1 is 1.52 bits per heavy atom. The van der Waals surface area contributed by atoms with Gasteiger partial charge < -0.3 is 9.64 Å². The first-order valence-electron chi connectivity index (χ1n) is 7.06. The molecule has 21 heavy (non-hydrogen) atoms. The number of thiophene rings is 1. The van der Waals surface area contributed by atoms with E-state index in [2.05, 4.69) is 16.4 Å². The minimum Gasteiger partial charge on any atom is -0.376 e. The highest BCUT2D eigenvalue weighted by Gasteiger charge is 2.24. The molecule has 1 saturated heterocycles. The molecule has 0 aromatic carbocycles. The van der Waals surface area contributed by atoms with Crippen LogP contribution in [-0.4, -0.2) is 35.0 Å².